The standard InChI is InChI=1S/C19H18N2O2/c1-12-7-9-15(10-8-12)16-11-17(19(22)23)21(20-16)18-13(2)5-4-6-14(18)3/h4-11H,1-3H3,(H,22,23). The summed E-state index contributed by atoms with van der Waals surface area (Å²) in [6.45, 7) is 5.93. The van der Waals surface area contributed by atoms with E-state index in [0.717, 1.165) is 27.9 Å². The maximum Gasteiger partial charge on any atom is 0.354 e. The van der Waals surface area contributed by atoms with Crippen molar-refractivity contribution in [3.05, 3.63) is 70.9 Å². The van der Waals surface area contributed by atoms with Crippen LogP contribution in [-0.4, -0.2) is 20.9 Å². The van der Waals surface area contributed by atoms with Gasteiger partial charge in [-0.25, -0.2) is 9.48 Å². The second kappa shape index (κ2) is 5.72. The molecule has 0 saturated heterocycles. The fraction of sp³-hybridized carbons (Fsp3) is 0.158. The summed E-state index contributed by atoms with van der Waals surface area (Å²) in [6.07, 6.45) is 0. The topological polar surface area (TPSA) is 55.1 Å². The molecule has 116 valence electrons. The molecule has 23 heavy (non-hydrogen) atoms. The molecule has 3 aromatic rings. The van der Waals surface area contributed by atoms with E-state index in [2.05, 4.69) is 5.10 Å². The molecule has 0 spiro atoms. The number of aromatic nitrogens is 2. The van der Waals surface area contributed by atoms with Gasteiger partial charge in [0.15, 0.2) is 5.69 Å². The quantitative estimate of drug-likeness (QED) is 0.790. The van der Waals surface area contributed by atoms with Crippen LogP contribution in [0.3, 0.4) is 0 Å². The third-order valence-electron chi connectivity index (χ3n) is 3.93. The van der Waals surface area contributed by atoms with E-state index in [1.54, 1.807) is 6.07 Å². The average Bonchev–Trinajstić information content (AvgIpc) is 2.93. The average molecular weight is 306 g/mol. The van der Waals surface area contributed by atoms with Crippen LogP contribution in [0.5, 0.6) is 0 Å². The van der Waals surface area contributed by atoms with E-state index in [9.17, 15) is 9.90 Å². The highest BCUT2D eigenvalue weighted by Crippen LogP contribution is 2.25. The molecule has 4 heteroatoms. The molecule has 1 N–H and O–H groups in total. The van der Waals surface area contributed by atoms with Gasteiger partial charge in [-0.2, -0.15) is 5.10 Å². The molecule has 0 aliphatic heterocycles. The zero-order valence-electron chi connectivity index (χ0n) is 13.4. The Hall–Kier alpha value is -2.88. The lowest BCUT2D eigenvalue weighted by Crippen LogP contribution is -2.10. The van der Waals surface area contributed by atoms with Gasteiger partial charge in [0.1, 0.15) is 0 Å². The maximum absolute atomic E-state index is 11.7. The number of nitrogens with zero attached hydrogens (tertiary/aromatic N) is 2. The van der Waals surface area contributed by atoms with Gasteiger partial charge in [0, 0.05) is 5.56 Å². The van der Waals surface area contributed by atoms with E-state index in [0.29, 0.717) is 5.69 Å². The number of benzene rings is 2. The fourth-order valence-corrected chi connectivity index (χ4v) is 2.71. The Morgan fingerprint density at radius 1 is 1.00 bits per heavy atom. The van der Waals surface area contributed by atoms with Gasteiger partial charge in [-0.1, -0.05) is 48.0 Å². The van der Waals surface area contributed by atoms with E-state index in [1.165, 1.54) is 4.68 Å². The van der Waals surface area contributed by atoms with Crippen molar-refractivity contribution < 1.29 is 9.90 Å². The molecule has 1 heterocycles. The summed E-state index contributed by atoms with van der Waals surface area (Å²) in [7, 11) is 0. The molecule has 0 radical (unpaired) electrons. The van der Waals surface area contributed by atoms with Gasteiger partial charge in [-0.05, 0) is 38.0 Å². The third kappa shape index (κ3) is 2.75. The molecule has 4 nitrogen and oxygen atoms in total. The summed E-state index contributed by atoms with van der Waals surface area (Å²) in [5, 5.41) is 14.1. The zero-order valence-corrected chi connectivity index (χ0v) is 13.4. The van der Waals surface area contributed by atoms with Crippen LogP contribution in [0.15, 0.2) is 48.5 Å². The van der Waals surface area contributed by atoms with E-state index in [-0.39, 0.29) is 5.69 Å². The lowest BCUT2D eigenvalue weighted by Gasteiger charge is -2.11. The summed E-state index contributed by atoms with van der Waals surface area (Å²) in [5.41, 5.74) is 5.69. The van der Waals surface area contributed by atoms with E-state index in [1.807, 2.05) is 63.2 Å². The van der Waals surface area contributed by atoms with Crippen LogP contribution < -0.4 is 0 Å². The lowest BCUT2D eigenvalue weighted by molar-refractivity contribution is 0.0687. The van der Waals surface area contributed by atoms with Crippen LogP contribution in [-0.2, 0) is 0 Å². The number of carbonyl (C=O) groups is 1. The Balaban J connectivity index is 2.21. The first-order chi connectivity index (χ1) is 11.0. The first-order valence-electron chi connectivity index (χ1n) is 7.44. The minimum atomic E-state index is -0.987. The number of aromatic carboxylic acids is 1. The van der Waals surface area contributed by atoms with Crippen molar-refractivity contribution in [3.63, 3.8) is 0 Å². The van der Waals surface area contributed by atoms with Gasteiger partial charge in [0.05, 0.1) is 11.4 Å². The molecule has 0 aliphatic carbocycles. The van der Waals surface area contributed by atoms with Crippen molar-refractivity contribution in [2.75, 3.05) is 0 Å². The summed E-state index contributed by atoms with van der Waals surface area (Å²) in [5.74, 6) is -0.987. The number of para-hydroxylation sites is 1. The summed E-state index contributed by atoms with van der Waals surface area (Å²) >= 11 is 0. The van der Waals surface area contributed by atoms with Gasteiger partial charge < -0.3 is 5.11 Å². The number of carboxylic acid groups (broad SMARTS) is 1. The van der Waals surface area contributed by atoms with Crippen LogP contribution >= 0.6 is 0 Å². The molecule has 0 aliphatic rings. The molecule has 0 bridgehead atoms. The maximum atomic E-state index is 11.7. The summed E-state index contributed by atoms with van der Waals surface area (Å²) < 4.78 is 1.53. The van der Waals surface area contributed by atoms with Crippen molar-refractivity contribution >= 4 is 5.97 Å². The van der Waals surface area contributed by atoms with Crippen molar-refractivity contribution in [1.29, 1.82) is 0 Å². The molecule has 1 aromatic heterocycles. The van der Waals surface area contributed by atoms with Crippen LogP contribution in [0.2, 0.25) is 0 Å². The minimum Gasteiger partial charge on any atom is -0.477 e. The SMILES string of the molecule is Cc1ccc(-c2cc(C(=O)O)n(-c3c(C)cccc3C)n2)cc1. The summed E-state index contributed by atoms with van der Waals surface area (Å²) in [4.78, 5) is 11.7. The largest absolute Gasteiger partial charge is 0.477 e. The van der Waals surface area contributed by atoms with E-state index >= 15 is 0 Å². The third-order valence-corrected chi connectivity index (χ3v) is 3.93. The fourth-order valence-electron chi connectivity index (χ4n) is 2.71. The Kier molecular flexibility index (Phi) is 3.74. The van der Waals surface area contributed by atoms with Crippen molar-refractivity contribution in [1.82, 2.24) is 9.78 Å². The smallest absolute Gasteiger partial charge is 0.354 e. The number of hydrogen-bond acceptors (Lipinski definition) is 2. The van der Waals surface area contributed by atoms with Crippen LogP contribution in [0.25, 0.3) is 16.9 Å². The van der Waals surface area contributed by atoms with Crippen molar-refractivity contribution in [3.8, 4) is 16.9 Å². The molecular weight excluding hydrogens is 288 g/mol. The Morgan fingerprint density at radius 3 is 2.17 bits per heavy atom. The molecule has 3 rings (SSSR count). The number of rotatable bonds is 3. The number of aryl methyl sites for hydroxylation is 3. The molecule has 2 aromatic carbocycles. The molecule has 0 saturated carbocycles. The number of hydrogen-bond donors (Lipinski definition) is 1. The number of carboxylic acids is 1. The minimum absolute atomic E-state index is 0.165. The molecule has 0 atom stereocenters. The first kappa shape index (κ1) is 15.0. The van der Waals surface area contributed by atoms with Crippen molar-refractivity contribution in [2.45, 2.75) is 20.8 Å². The first-order valence-corrected chi connectivity index (χ1v) is 7.44. The molecule has 0 fully saturated rings. The highest BCUT2D eigenvalue weighted by Gasteiger charge is 2.18. The van der Waals surface area contributed by atoms with E-state index < -0.39 is 5.97 Å². The Labute approximate surface area is 135 Å². The van der Waals surface area contributed by atoms with Crippen LogP contribution in [0.1, 0.15) is 27.2 Å². The Bertz CT molecular complexity index is 857. The molecule has 0 amide bonds. The predicted octanol–water partition coefficient (Wildman–Crippen LogP) is 4.16. The van der Waals surface area contributed by atoms with Crippen LogP contribution in [0, 0.1) is 20.8 Å². The van der Waals surface area contributed by atoms with Crippen molar-refractivity contribution in [2.24, 2.45) is 0 Å². The second-order valence-electron chi connectivity index (χ2n) is 5.74. The zero-order chi connectivity index (χ0) is 16.6. The monoisotopic (exact) mass is 306 g/mol. The van der Waals surface area contributed by atoms with E-state index in [4.69, 9.17) is 0 Å². The van der Waals surface area contributed by atoms with Gasteiger partial charge in [-0.15, -0.1) is 0 Å². The van der Waals surface area contributed by atoms with Gasteiger partial charge in [0.2, 0.25) is 0 Å². The highest BCUT2D eigenvalue weighted by atomic mass is 16.4. The molecule has 0 unspecified atom stereocenters. The lowest BCUT2D eigenvalue weighted by atomic mass is 10.1. The summed E-state index contributed by atoms with van der Waals surface area (Å²) in [6, 6.07) is 15.4. The molecular formula is C19H18N2O2. The predicted molar refractivity (Wildman–Crippen MR) is 90.2 cm³/mol. The highest BCUT2D eigenvalue weighted by molar-refractivity contribution is 5.88. The van der Waals surface area contributed by atoms with Crippen LogP contribution in [0.4, 0.5) is 0 Å². The van der Waals surface area contributed by atoms with Gasteiger partial charge in [0.25, 0.3) is 0 Å². The normalized spacial score (nSPS) is 10.7. The second-order valence-corrected chi connectivity index (χ2v) is 5.74. The van der Waals surface area contributed by atoms with Gasteiger partial charge >= 0.3 is 5.97 Å². The Morgan fingerprint density at radius 2 is 1.61 bits per heavy atom. The van der Waals surface area contributed by atoms with Gasteiger partial charge in [-0.3, -0.25) is 0 Å².